The van der Waals surface area contributed by atoms with Crippen molar-refractivity contribution in [3.63, 3.8) is 0 Å². The molecule has 1 amide bonds. The molecule has 6 nitrogen and oxygen atoms in total. The second-order valence-corrected chi connectivity index (χ2v) is 6.13. The van der Waals surface area contributed by atoms with Gasteiger partial charge >= 0.3 is 0 Å². The third kappa shape index (κ3) is 2.89. The Labute approximate surface area is 141 Å². The summed E-state index contributed by atoms with van der Waals surface area (Å²) in [5.74, 6) is 0.423. The smallest absolute Gasteiger partial charge is 0.230 e. The summed E-state index contributed by atoms with van der Waals surface area (Å²) in [7, 11) is 0. The second-order valence-electron chi connectivity index (χ2n) is 5.21. The molecule has 0 spiro atoms. The molecule has 0 unspecified atom stereocenters. The largest absolute Gasteiger partial charge is 0.309 e. The van der Waals surface area contributed by atoms with Crippen molar-refractivity contribution < 1.29 is 4.79 Å². The normalized spacial score (nSPS) is 10.8. The Bertz CT molecular complexity index is 992. The summed E-state index contributed by atoms with van der Waals surface area (Å²) in [4.78, 5) is 20.6. The van der Waals surface area contributed by atoms with Crippen molar-refractivity contribution in [3.05, 3.63) is 66.1 Å². The van der Waals surface area contributed by atoms with Gasteiger partial charge in [-0.1, -0.05) is 18.2 Å². The van der Waals surface area contributed by atoms with Gasteiger partial charge in [-0.3, -0.25) is 4.79 Å². The third-order valence-corrected chi connectivity index (χ3v) is 4.43. The number of amides is 1. The van der Waals surface area contributed by atoms with Gasteiger partial charge in [0.25, 0.3) is 0 Å². The van der Waals surface area contributed by atoms with Gasteiger partial charge in [-0.2, -0.15) is 5.10 Å². The van der Waals surface area contributed by atoms with E-state index in [1.807, 2.05) is 48.0 Å². The summed E-state index contributed by atoms with van der Waals surface area (Å²) in [5.41, 5.74) is 2.63. The number of hydrogen-bond donors (Lipinski definition) is 1. The molecule has 0 saturated heterocycles. The second kappa shape index (κ2) is 6.21. The quantitative estimate of drug-likeness (QED) is 0.622. The first kappa shape index (κ1) is 14.5. The number of carbonyl (C=O) groups is 1. The van der Waals surface area contributed by atoms with Gasteiger partial charge in [-0.15, -0.1) is 11.3 Å². The molecule has 0 atom stereocenters. The fraction of sp³-hybridized carbons (Fsp3) is 0.0588. The van der Waals surface area contributed by atoms with Crippen LogP contribution in [0.1, 0.15) is 5.56 Å². The van der Waals surface area contributed by atoms with E-state index in [2.05, 4.69) is 20.4 Å². The number of benzene rings is 1. The molecule has 24 heavy (non-hydrogen) atoms. The van der Waals surface area contributed by atoms with Gasteiger partial charge in [0, 0.05) is 6.20 Å². The molecule has 4 aromatic rings. The zero-order valence-electron chi connectivity index (χ0n) is 12.6. The highest BCUT2D eigenvalue weighted by Gasteiger charge is 2.11. The Balaban J connectivity index is 1.49. The minimum atomic E-state index is -0.129. The zero-order valence-corrected chi connectivity index (χ0v) is 13.4. The van der Waals surface area contributed by atoms with E-state index in [1.54, 1.807) is 10.9 Å². The Hall–Kier alpha value is -3.06. The van der Waals surface area contributed by atoms with Gasteiger partial charge < -0.3 is 5.32 Å². The van der Waals surface area contributed by atoms with Crippen molar-refractivity contribution in [2.45, 2.75) is 6.42 Å². The lowest BCUT2D eigenvalue weighted by molar-refractivity contribution is -0.115. The van der Waals surface area contributed by atoms with Crippen molar-refractivity contribution in [2.24, 2.45) is 0 Å². The van der Waals surface area contributed by atoms with Crippen molar-refractivity contribution >= 4 is 33.3 Å². The van der Waals surface area contributed by atoms with E-state index in [0.29, 0.717) is 5.82 Å². The summed E-state index contributed by atoms with van der Waals surface area (Å²) < 4.78 is 2.64. The maximum Gasteiger partial charge on any atom is 0.230 e. The van der Waals surface area contributed by atoms with Crippen LogP contribution >= 0.6 is 11.3 Å². The SMILES string of the molecule is O=C(Cc1cnn(-c2ccccc2)c1)Nc1ncnc2ccsc12. The maximum atomic E-state index is 12.3. The summed E-state index contributed by atoms with van der Waals surface area (Å²) in [6.07, 6.45) is 5.25. The summed E-state index contributed by atoms with van der Waals surface area (Å²) >= 11 is 1.51. The van der Waals surface area contributed by atoms with Gasteiger partial charge in [0.05, 0.1) is 28.5 Å². The molecule has 7 heteroatoms. The van der Waals surface area contributed by atoms with Crippen LogP contribution in [0.2, 0.25) is 0 Å². The first-order valence-electron chi connectivity index (χ1n) is 7.36. The lowest BCUT2D eigenvalue weighted by Crippen LogP contribution is -2.15. The minimum absolute atomic E-state index is 0.129. The molecule has 0 radical (unpaired) electrons. The van der Waals surface area contributed by atoms with Crippen molar-refractivity contribution in [1.29, 1.82) is 0 Å². The maximum absolute atomic E-state index is 12.3. The van der Waals surface area contributed by atoms with Crippen LogP contribution in [0, 0.1) is 0 Å². The van der Waals surface area contributed by atoms with Crippen LogP contribution in [0.25, 0.3) is 15.9 Å². The van der Waals surface area contributed by atoms with Crippen LogP contribution < -0.4 is 5.32 Å². The first-order valence-corrected chi connectivity index (χ1v) is 8.24. The predicted octanol–water partition coefficient (Wildman–Crippen LogP) is 3.06. The van der Waals surface area contributed by atoms with Crippen LogP contribution in [-0.2, 0) is 11.2 Å². The number of para-hydroxylation sites is 1. The molecule has 0 aliphatic heterocycles. The molecule has 3 heterocycles. The van der Waals surface area contributed by atoms with Crippen LogP contribution in [0.15, 0.2) is 60.5 Å². The number of thiophene rings is 1. The van der Waals surface area contributed by atoms with E-state index in [-0.39, 0.29) is 12.3 Å². The highest BCUT2D eigenvalue weighted by atomic mass is 32.1. The molecular weight excluding hydrogens is 322 g/mol. The topological polar surface area (TPSA) is 72.7 Å². The number of nitrogens with one attached hydrogen (secondary N) is 1. The van der Waals surface area contributed by atoms with E-state index in [1.165, 1.54) is 17.7 Å². The predicted molar refractivity (Wildman–Crippen MR) is 93.3 cm³/mol. The van der Waals surface area contributed by atoms with Gasteiger partial charge in [-0.05, 0) is 29.1 Å². The summed E-state index contributed by atoms with van der Waals surface area (Å²) in [6, 6.07) is 11.7. The molecular formula is C17H13N5OS. The number of carbonyl (C=O) groups excluding carboxylic acids is 1. The van der Waals surface area contributed by atoms with E-state index in [0.717, 1.165) is 21.5 Å². The van der Waals surface area contributed by atoms with Gasteiger partial charge in [0.15, 0.2) is 5.82 Å². The van der Waals surface area contributed by atoms with Crippen molar-refractivity contribution in [3.8, 4) is 5.69 Å². The Morgan fingerprint density at radius 1 is 1.17 bits per heavy atom. The highest BCUT2D eigenvalue weighted by Crippen LogP contribution is 2.24. The lowest BCUT2D eigenvalue weighted by atomic mass is 10.2. The van der Waals surface area contributed by atoms with Crippen molar-refractivity contribution in [2.75, 3.05) is 5.32 Å². The van der Waals surface area contributed by atoms with Crippen molar-refractivity contribution in [1.82, 2.24) is 19.7 Å². The summed E-state index contributed by atoms with van der Waals surface area (Å²) in [5, 5.41) is 9.08. The monoisotopic (exact) mass is 335 g/mol. The molecule has 4 rings (SSSR count). The first-order chi connectivity index (χ1) is 11.8. The fourth-order valence-electron chi connectivity index (χ4n) is 2.41. The third-order valence-electron chi connectivity index (χ3n) is 3.52. The Morgan fingerprint density at radius 2 is 2.04 bits per heavy atom. The van der Waals surface area contributed by atoms with E-state index >= 15 is 0 Å². The lowest BCUT2D eigenvalue weighted by Gasteiger charge is -2.04. The van der Waals surface area contributed by atoms with E-state index in [4.69, 9.17) is 0 Å². The van der Waals surface area contributed by atoms with Gasteiger partial charge in [-0.25, -0.2) is 14.6 Å². The standard InChI is InChI=1S/C17H13N5OS/c23-15(21-17-16-14(6-7-24-16)18-11-19-17)8-12-9-20-22(10-12)13-4-2-1-3-5-13/h1-7,9-11H,8H2,(H,18,19,21,23). The van der Waals surface area contributed by atoms with Gasteiger partial charge in [0.2, 0.25) is 5.91 Å². The molecule has 1 aromatic carbocycles. The Kier molecular flexibility index (Phi) is 3.76. The molecule has 0 fully saturated rings. The van der Waals surface area contributed by atoms with Crippen LogP contribution in [-0.4, -0.2) is 25.7 Å². The molecule has 0 aliphatic carbocycles. The molecule has 3 aromatic heterocycles. The molecule has 0 aliphatic rings. The number of aromatic nitrogens is 4. The Morgan fingerprint density at radius 3 is 2.92 bits per heavy atom. The minimum Gasteiger partial charge on any atom is -0.309 e. The number of hydrogen-bond acceptors (Lipinski definition) is 5. The van der Waals surface area contributed by atoms with E-state index in [9.17, 15) is 4.79 Å². The van der Waals surface area contributed by atoms with E-state index < -0.39 is 0 Å². The average molecular weight is 335 g/mol. The molecule has 1 N–H and O–H groups in total. The fourth-order valence-corrected chi connectivity index (χ4v) is 3.20. The summed E-state index contributed by atoms with van der Waals surface area (Å²) in [6.45, 7) is 0. The number of nitrogens with zero attached hydrogens (tertiary/aromatic N) is 4. The number of anilines is 1. The van der Waals surface area contributed by atoms with Crippen LogP contribution in [0.5, 0.6) is 0 Å². The highest BCUT2D eigenvalue weighted by molar-refractivity contribution is 7.17. The molecule has 0 saturated carbocycles. The average Bonchev–Trinajstić information content (AvgIpc) is 3.25. The molecule has 0 bridgehead atoms. The van der Waals surface area contributed by atoms with Crippen LogP contribution in [0.4, 0.5) is 5.82 Å². The zero-order chi connectivity index (χ0) is 16.4. The van der Waals surface area contributed by atoms with Crippen LogP contribution in [0.3, 0.4) is 0 Å². The molecule has 118 valence electrons. The number of rotatable bonds is 4. The number of fused-ring (bicyclic) bond motifs is 1. The van der Waals surface area contributed by atoms with Gasteiger partial charge in [0.1, 0.15) is 6.33 Å².